The van der Waals surface area contributed by atoms with Crippen LogP contribution in [0.4, 0.5) is 0 Å². The number of amides is 1. The highest BCUT2D eigenvalue weighted by Gasteiger charge is 2.16. The minimum absolute atomic E-state index is 0.0131. The monoisotopic (exact) mass is 335 g/mol. The lowest BCUT2D eigenvalue weighted by molar-refractivity contribution is -0.121. The smallest absolute Gasteiger partial charge is 0.221 e. The molecule has 2 rings (SSSR count). The highest BCUT2D eigenvalue weighted by Crippen LogP contribution is 2.28. The Morgan fingerprint density at radius 1 is 1.30 bits per heavy atom. The van der Waals surface area contributed by atoms with Crippen molar-refractivity contribution in [2.45, 2.75) is 39.2 Å². The fourth-order valence-electron chi connectivity index (χ4n) is 2.55. The third-order valence-electron chi connectivity index (χ3n) is 3.84. The Kier molecular flexibility index (Phi) is 6.52. The second kappa shape index (κ2) is 8.62. The number of carbonyl (C=O) groups excluding carboxylic acids is 1. The van der Waals surface area contributed by atoms with Crippen molar-refractivity contribution in [2.75, 3.05) is 6.54 Å². The summed E-state index contributed by atoms with van der Waals surface area (Å²) < 4.78 is 1.55. The largest absolute Gasteiger partial charge is 0.356 e. The van der Waals surface area contributed by atoms with Gasteiger partial charge in [0.05, 0.1) is 6.54 Å². The molecule has 0 spiro atoms. The van der Waals surface area contributed by atoms with Crippen LogP contribution >= 0.6 is 11.6 Å². The topological polar surface area (TPSA) is 72.7 Å². The molecule has 2 aromatic rings. The third kappa shape index (κ3) is 5.63. The van der Waals surface area contributed by atoms with Crippen LogP contribution in [0.1, 0.15) is 38.2 Å². The van der Waals surface area contributed by atoms with Crippen molar-refractivity contribution in [1.82, 2.24) is 25.5 Å². The summed E-state index contributed by atoms with van der Waals surface area (Å²) in [7, 11) is 0. The van der Waals surface area contributed by atoms with E-state index in [1.165, 1.54) is 11.9 Å². The molecule has 1 atom stereocenters. The van der Waals surface area contributed by atoms with Gasteiger partial charge in [0.25, 0.3) is 0 Å². The summed E-state index contributed by atoms with van der Waals surface area (Å²) in [5.74, 6) is 0.903. The van der Waals surface area contributed by atoms with E-state index in [0.29, 0.717) is 31.3 Å². The molecule has 23 heavy (non-hydrogen) atoms. The van der Waals surface area contributed by atoms with Crippen LogP contribution in [0.2, 0.25) is 5.02 Å². The first-order valence-electron chi connectivity index (χ1n) is 7.79. The second-order valence-electron chi connectivity index (χ2n) is 5.86. The van der Waals surface area contributed by atoms with E-state index in [9.17, 15) is 4.79 Å². The van der Waals surface area contributed by atoms with Crippen molar-refractivity contribution in [2.24, 2.45) is 5.92 Å². The molecule has 1 unspecified atom stereocenters. The van der Waals surface area contributed by atoms with Crippen LogP contribution in [0.25, 0.3) is 0 Å². The summed E-state index contributed by atoms with van der Waals surface area (Å²) >= 11 is 5.95. The van der Waals surface area contributed by atoms with Gasteiger partial charge >= 0.3 is 0 Å². The average Bonchev–Trinajstić information content (AvgIpc) is 3.04. The molecule has 124 valence electrons. The van der Waals surface area contributed by atoms with E-state index < -0.39 is 0 Å². The number of hydrogen-bond donors (Lipinski definition) is 1. The molecule has 6 nitrogen and oxygen atoms in total. The number of nitrogens with zero attached hydrogens (tertiary/aromatic N) is 4. The van der Waals surface area contributed by atoms with Gasteiger partial charge in [0.1, 0.15) is 6.33 Å². The molecule has 0 bridgehead atoms. The van der Waals surface area contributed by atoms with E-state index in [2.05, 4.69) is 46.8 Å². The average molecular weight is 336 g/mol. The van der Waals surface area contributed by atoms with Gasteiger partial charge in [0, 0.05) is 18.0 Å². The van der Waals surface area contributed by atoms with Crippen LogP contribution in [0.3, 0.4) is 0 Å². The molecule has 0 aliphatic heterocycles. The Morgan fingerprint density at radius 2 is 2.04 bits per heavy atom. The zero-order valence-corrected chi connectivity index (χ0v) is 14.2. The van der Waals surface area contributed by atoms with Crippen molar-refractivity contribution in [1.29, 1.82) is 0 Å². The van der Waals surface area contributed by atoms with Crippen LogP contribution in [-0.4, -0.2) is 32.7 Å². The number of nitrogens with one attached hydrogen (secondary N) is 1. The molecule has 0 saturated heterocycles. The van der Waals surface area contributed by atoms with Crippen LogP contribution in [-0.2, 0) is 11.3 Å². The first-order chi connectivity index (χ1) is 11.1. The van der Waals surface area contributed by atoms with E-state index in [1.54, 1.807) is 4.68 Å². The fourth-order valence-corrected chi connectivity index (χ4v) is 2.68. The molecular weight excluding hydrogens is 314 g/mol. The summed E-state index contributed by atoms with van der Waals surface area (Å²) in [5, 5.41) is 14.5. The molecule has 0 saturated carbocycles. The lowest BCUT2D eigenvalue weighted by atomic mass is 9.86. The van der Waals surface area contributed by atoms with Gasteiger partial charge in [-0.05, 0) is 46.4 Å². The van der Waals surface area contributed by atoms with Crippen molar-refractivity contribution in [3.05, 3.63) is 41.2 Å². The number of hydrogen-bond acceptors (Lipinski definition) is 4. The van der Waals surface area contributed by atoms with Crippen LogP contribution in [0.15, 0.2) is 30.6 Å². The van der Waals surface area contributed by atoms with Gasteiger partial charge in [-0.3, -0.25) is 4.79 Å². The molecule has 1 N–H and O–H groups in total. The SMILES string of the molecule is CC(C)C(CCNC(=O)CCn1cnnn1)c1ccc(Cl)cc1. The Labute approximate surface area is 141 Å². The van der Waals surface area contributed by atoms with Crippen LogP contribution in [0.5, 0.6) is 0 Å². The normalized spacial score (nSPS) is 12.3. The standard InChI is InChI=1S/C16H22ClN5O/c1-12(2)15(13-3-5-14(17)6-4-13)7-9-18-16(23)8-10-22-11-19-20-21-22/h3-6,11-12,15H,7-10H2,1-2H3,(H,18,23). The highest BCUT2D eigenvalue weighted by atomic mass is 35.5. The quantitative estimate of drug-likeness (QED) is 0.805. The van der Waals surface area contributed by atoms with E-state index in [1.807, 2.05) is 12.1 Å². The molecule has 0 radical (unpaired) electrons. The van der Waals surface area contributed by atoms with E-state index in [-0.39, 0.29) is 5.91 Å². The van der Waals surface area contributed by atoms with E-state index >= 15 is 0 Å². The molecule has 0 aliphatic rings. The van der Waals surface area contributed by atoms with E-state index in [0.717, 1.165) is 11.4 Å². The first kappa shape index (κ1) is 17.4. The van der Waals surface area contributed by atoms with Crippen molar-refractivity contribution < 1.29 is 4.79 Å². The van der Waals surface area contributed by atoms with Gasteiger partial charge in [-0.2, -0.15) is 0 Å². The van der Waals surface area contributed by atoms with Gasteiger partial charge in [-0.25, -0.2) is 4.68 Å². The minimum Gasteiger partial charge on any atom is -0.356 e. The summed E-state index contributed by atoms with van der Waals surface area (Å²) in [6.07, 6.45) is 2.77. The van der Waals surface area contributed by atoms with Gasteiger partial charge in [0.2, 0.25) is 5.91 Å². The first-order valence-corrected chi connectivity index (χ1v) is 8.17. The zero-order valence-electron chi connectivity index (χ0n) is 13.4. The lowest BCUT2D eigenvalue weighted by Gasteiger charge is -2.21. The fraction of sp³-hybridized carbons (Fsp3) is 0.500. The predicted octanol–water partition coefficient (Wildman–Crippen LogP) is 2.66. The second-order valence-corrected chi connectivity index (χ2v) is 6.30. The summed E-state index contributed by atoms with van der Waals surface area (Å²) in [4.78, 5) is 11.9. The predicted molar refractivity (Wildman–Crippen MR) is 89.1 cm³/mol. The van der Waals surface area contributed by atoms with Gasteiger partial charge in [0.15, 0.2) is 0 Å². The van der Waals surface area contributed by atoms with Crippen molar-refractivity contribution in [3.63, 3.8) is 0 Å². The summed E-state index contributed by atoms with van der Waals surface area (Å²) in [6, 6.07) is 7.95. The summed E-state index contributed by atoms with van der Waals surface area (Å²) in [6.45, 7) is 5.53. The highest BCUT2D eigenvalue weighted by molar-refractivity contribution is 6.30. The van der Waals surface area contributed by atoms with E-state index in [4.69, 9.17) is 11.6 Å². The zero-order chi connectivity index (χ0) is 16.7. The van der Waals surface area contributed by atoms with Gasteiger partial charge in [-0.15, -0.1) is 5.10 Å². The molecule has 7 heteroatoms. The maximum absolute atomic E-state index is 11.9. The molecule has 1 heterocycles. The number of carbonyl (C=O) groups is 1. The van der Waals surface area contributed by atoms with Gasteiger partial charge in [-0.1, -0.05) is 37.6 Å². The Balaban J connectivity index is 1.77. The molecule has 0 fully saturated rings. The maximum atomic E-state index is 11.9. The Morgan fingerprint density at radius 3 is 2.65 bits per heavy atom. The maximum Gasteiger partial charge on any atom is 0.221 e. The molecule has 0 aliphatic carbocycles. The third-order valence-corrected chi connectivity index (χ3v) is 4.09. The number of tetrazole rings is 1. The van der Waals surface area contributed by atoms with Crippen LogP contribution < -0.4 is 5.32 Å². The minimum atomic E-state index is 0.0131. The number of rotatable bonds is 8. The Bertz CT molecular complexity index is 597. The number of halogens is 1. The van der Waals surface area contributed by atoms with Crippen LogP contribution in [0, 0.1) is 5.92 Å². The number of aryl methyl sites for hydroxylation is 1. The molecule has 1 amide bonds. The van der Waals surface area contributed by atoms with Crippen molar-refractivity contribution in [3.8, 4) is 0 Å². The number of benzene rings is 1. The summed E-state index contributed by atoms with van der Waals surface area (Å²) in [5.41, 5.74) is 1.26. The Hall–Kier alpha value is -1.95. The lowest BCUT2D eigenvalue weighted by Crippen LogP contribution is -2.27. The molecule has 1 aromatic carbocycles. The molecular formula is C16H22ClN5O. The molecule has 1 aromatic heterocycles. The van der Waals surface area contributed by atoms with Gasteiger partial charge < -0.3 is 5.32 Å². The number of aromatic nitrogens is 4. The van der Waals surface area contributed by atoms with Crippen molar-refractivity contribution >= 4 is 17.5 Å².